The van der Waals surface area contributed by atoms with E-state index in [0.717, 1.165) is 43.4 Å². The van der Waals surface area contributed by atoms with Gasteiger partial charge >= 0.3 is 0 Å². The lowest BCUT2D eigenvalue weighted by molar-refractivity contribution is 0.372. The highest BCUT2D eigenvalue weighted by Gasteiger charge is 2.28. The van der Waals surface area contributed by atoms with Crippen molar-refractivity contribution in [3.05, 3.63) is 30.4 Å². The summed E-state index contributed by atoms with van der Waals surface area (Å²) in [6.45, 7) is 4.17. The number of benzene rings is 1. The van der Waals surface area contributed by atoms with Crippen molar-refractivity contribution in [1.82, 2.24) is 14.8 Å². The zero-order valence-corrected chi connectivity index (χ0v) is 18.1. The van der Waals surface area contributed by atoms with Crippen LogP contribution in [0.3, 0.4) is 0 Å². The molecule has 134 valence electrons. The number of ether oxygens (including phenoxy) is 1. The lowest BCUT2D eigenvalue weighted by Crippen LogP contribution is -2.33. The number of rotatable bonds is 3. The monoisotopic (exact) mass is 519 g/mol. The maximum Gasteiger partial charge on any atom is 0.208 e. The van der Waals surface area contributed by atoms with Gasteiger partial charge < -0.3 is 14.2 Å². The van der Waals surface area contributed by atoms with Crippen LogP contribution in [0.25, 0.3) is 10.9 Å². The summed E-state index contributed by atoms with van der Waals surface area (Å²) in [4.78, 5) is 2.21. The minimum Gasteiger partial charge on any atom is -0.478 e. The molecule has 1 aromatic carbocycles. The fourth-order valence-corrected chi connectivity index (χ4v) is 5.27. The summed E-state index contributed by atoms with van der Waals surface area (Å²) in [5.74, 6) is 0.584. The SMILES string of the molecule is Cc1nnc(N2CCn3c(c(I)c4c(OCC#N)cc(Cl)c(Cl)c43)C2)s1. The molecule has 6 nitrogen and oxygen atoms in total. The van der Waals surface area contributed by atoms with Gasteiger partial charge in [-0.2, -0.15) is 5.26 Å². The molecule has 0 fully saturated rings. The van der Waals surface area contributed by atoms with Gasteiger partial charge in [0.15, 0.2) is 6.61 Å². The zero-order valence-electron chi connectivity index (χ0n) is 13.6. The average Bonchev–Trinajstić information content (AvgIpc) is 3.19. The van der Waals surface area contributed by atoms with E-state index in [1.807, 2.05) is 13.0 Å². The van der Waals surface area contributed by atoms with E-state index < -0.39 is 0 Å². The van der Waals surface area contributed by atoms with Crippen LogP contribution in [0.4, 0.5) is 5.13 Å². The number of nitriles is 1. The molecule has 0 N–H and O–H groups in total. The molecule has 0 spiro atoms. The molecular weight excluding hydrogens is 508 g/mol. The van der Waals surface area contributed by atoms with Crippen LogP contribution in [-0.2, 0) is 13.1 Å². The van der Waals surface area contributed by atoms with Crippen molar-refractivity contribution in [3.8, 4) is 11.8 Å². The van der Waals surface area contributed by atoms with Crippen molar-refractivity contribution >= 4 is 73.2 Å². The Hall–Kier alpha value is -1.28. The van der Waals surface area contributed by atoms with E-state index in [0.29, 0.717) is 22.3 Å². The summed E-state index contributed by atoms with van der Waals surface area (Å²) >= 11 is 16.7. The van der Waals surface area contributed by atoms with Crippen LogP contribution >= 0.6 is 57.1 Å². The van der Waals surface area contributed by atoms with Gasteiger partial charge in [0.2, 0.25) is 5.13 Å². The van der Waals surface area contributed by atoms with E-state index in [4.69, 9.17) is 33.2 Å². The van der Waals surface area contributed by atoms with E-state index in [1.165, 1.54) is 0 Å². The highest BCUT2D eigenvalue weighted by molar-refractivity contribution is 14.1. The standard InChI is InChI=1S/C16H12Cl2IN5OS/c1-8-21-22-16(26-8)23-3-4-24-10(7-23)14(19)12-11(25-5-2-20)6-9(17)13(18)15(12)24/h6H,3-5,7H2,1H3. The number of halogens is 3. The Balaban J connectivity index is 1.86. The number of nitrogens with zero attached hydrogens (tertiary/aromatic N) is 5. The van der Waals surface area contributed by atoms with Crippen LogP contribution < -0.4 is 9.64 Å². The fourth-order valence-electron chi connectivity index (χ4n) is 3.14. The second kappa shape index (κ2) is 7.03. The molecule has 3 aromatic rings. The summed E-state index contributed by atoms with van der Waals surface area (Å²) in [6, 6.07) is 3.68. The van der Waals surface area contributed by atoms with Crippen LogP contribution in [0.1, 0.15) is 10.7 Å². The van der Waals surface area contributed by atoms with Gasteiger partial charge in [-0.1, -0.05) is 34.5 Å². The largest absolute Gasteiger partial charge is 0.478 e. The Morgan fingerprint density at radius 3 is 2.88 bits per heavy atom. The number of hydrogen-bond donors (Lipinski definition) is 0. The lowest BCUT2D eigenvalue weighted by atomic mass is 10.2. The van der Waals surface area contributed by atoms with Gasteiger partial charge in [-0.3, -0.25) is 0 Å². The first-order valence-corrected chi connectivity index (χ1v) is 10.4. The highest BCUT2D eigenvalue weighted by Crippen LogP contribution is 2.44. The van der Waals surface area contributed by atoms with Crippen molar-refractivity contribution in [2.75, 3.05) is 18.1 Å². The second-order valence-corrected chi connectivity index (χ2v) is 8.80. The maximum absolute atomic E-state index is 8.86. The molecule has 1 aliphatic heterocycles. The molecule has 0 saturated carbocycles. The smallest absolute Gasteiger partial charge is 0.208 e. The molecular formula is C16H12Cl2IN5OS. The Kier molecular flexibility index (Phi) is 4.90. The van der Waals surface area contributed by atoms with Crippen LogP contribution in [0.5, 0.6) is 5.75 Å². The van der Waals surface area contributed by atoms with Crippen molar-refractivity contribution in [2.24, 2.45) is 0 Å². The van der Waals surface area contributed by atoms with E-state index in [1.54, 1.807) is 17.4 Å². The van der Waals surface area contributed by atoms with Crippen molar-refractivity contribution in [3.63, 3.8) is 0 Å². The minimum atomic E-state index is -0.0418. The molecule has 0 saturated heterocycles. The molecule has 0 unspecified atom stereocenters. The number of fused-ring (bicyclic) bond motifs is 3. The predicted molar refractivity (Wildman–Crippen MR) is 111 cm³/mol. The predicted octanol–water partition coefficient (Wildman–Crippen LogP) is 4.64. The molecule has 1 aliphatic rings. The summed E-state index contributed by atoms with van der Waals surface area (Å²) in [5, 5.41) is 20.9. The fraction of sp³-hybridized carbons (Fsp3) is 0.312. The van der Waals surface area contributed by atoms with Gasteiger partial charge in [-0.25, -0.2) is 0 Å². The molecule has 0 bridgehead atoms. The number of aryl methyl sites for hydroxylation is 1. The van der Waals surface area contributed by atoms with Gasteiger partial charge in [0.25, 0.3) is 0 Å². The van der Waals surface area contributed by atoms with Gasteiger partial charge in [0.05, 0.1) is 33.2 Å². The first-order valence-electron chi connectivity index (χ1n) is 7.74. The van der Waals surface area contributed by atoms with Crippen LogP contribution in [0.2, 0.25) is 10.0 Å². The quantitative estimate of drug-likeness (QED) is 0.472. The van der Waals surface area contributed by atoms with Crippen LogP contribution in [0, 0.1) is 21.8 Å². The molecule has 0 amide bonds. The zero-order chi connectivity index (χ0) is 18.4. The first kappa shape index (κ1) is 18.1. The van der Waals surface area contributed by atoms with Gasteiger partial charge in [0.1, 0.15) is 16.8 Å². The molecule has 0 atom stereocenters. The van der Waals surface area contributed by atoms with Crippen LogP contribution in [-0.4, -0.2) is 27.9 Å². The van der Waals surface area contributed by atoms with Crippen molar-refractivity contribution in [2.45, 2.75) is 20.0 Å². The van der Waals surface area contributed by atoms with Crippen molar-refractivity contribution < 1.29 is 4.74 Å². The molecule has 4 rings (SSSR count). The average molecular weight is 520 g/mol. The molecule has 2 aromatic heterocycles. The van der Waals surface area contributed by atoms with E-state index in [9.17, 15) is 0 Å². The summed E-state index contributed by atoms with van der Waals surface area (Å²) in [7, 11) is 0. The molecule has 0 radical (unpaired) electrons. The lowest BCUT2D eigenvalue weighted by Gasteiger charge is -2.28. The van der Waals surface area contributed by atoms with Crippen LogP contribution in [0.15, 0.2) is 6.07 Å². The Morgan fingerprint density at radius 2 is 2.19 bits per heavy atom. The second-order valence-electron chi connectivity index (χ2n) is 5.78. The summed E-state index contributed by atoms with van der Waals surface area (Å²) in [6.07, 6.45) is 0. The van der Waals surface area contributed by atoms with E-state index in [2.05, 4.69) is 42.3 Å². The van der Waals surface area contributed by atoms with E-state index >= 15 is 0 Å². The number of anilines is 1. The Morgan fingerprint density at radius 1 is 1.38 bits per heavy atom. The number of aromatic nitrogens is 3. The van der Waals surface area contributed by atoms with Crippen molar-refractivity contribution in [1.29, 1.82) is 5.26 Å². The minimum absolute atomic E-state index is 0.0418. The Labute approximate surface area is 177 Å². The van der Waals surface area contributed by atoms with Gasteiger partial charge in [-0.15, -0.1) is 10.2 Å². The number of hydrogen-bond acceptors (Lipinski definition) is 6. The third kappa shape index (κ3) is 2.91. The molecule has 3 heterocycles. The molecule has 10 heteroatoms. The molecule has 26 heavy (non-hydrogen) atoms. The maximum atomic E-state index is 8.86. The summed E-state index contributed by atoms with van der Waals surface area (Å²) < 4.78 is 8.86. The Bertz CT molecular complexity index is 1060. The highest BCUT2D eigenvalue weighted by atomic mass is 127. The third-order valence-electron chi connectivity index (χ3n) is 4.24. The summed E-state index contributed by atoms with van der Waals surface area (Å²) in [5.41, 5.74) is 1.99. The third-order valence-corrected chi connectivity index (χ3v) is 7.08. The van der Waals surface area contributed by atoms with Gasteiger partial charge in [-0.05, 0) is 29.5 Å². The topological polar surface area (TPSA) is 67.0 Å². The first-order chi connectivity index (χ1) is 12.5. The van der Waals surface area contributed by atoms with E-state index in [-0.39, 0.29) is 6.61 Å². The molecule has 0 aliphatic carbocycles. The van der Waals surface area contributed by atoms with Gasteiger partial charge in [0, 0.05) is 22.7 Å². The normalized spacial score (nSPS) is 13.7.